The van der Waals surface area contributed by atoms with Crippen molar-refractivity contribution in [3.63, 3.8) is 0 Å². The Bertz CT molecular complexity index is 1500. The molecule has 5 aromatic rings. The van der Waals surface area contributed by atoms with Crippen molar-refractivity contribution in [2.75, 3.05) is 5.32 Å². The minimum Gasteiger partial charge on any atom is -0.326 e. The van der Waals surface area contributed by atoms with Crippen LogP contribution in [-0.4, -0.2) is 20.3 Å². The van der Waals surface area contributed by atoms with Crippen molar-refractivity contribution in [3.05, 3.63) is 119 Å². The fourth-order valence-electron chi connectivity index (χ4n) is 4.29. The molecule has 174 valence electrons. The molecule has 5 heteroatoms. The molecule has 35 heavy (non-hydrogen) atoms. The Morgan fingerprint density at radius 3 is 2.34 bits per heavy atom. The third-order valence-corrected chi connectivity index (χ3v) is 6.38. The summed E-state index contributed by atoms with van der Waals surface area (Å²) in [6.45, 7) is 6.25. The topological polar surface area (TPSA) is 59.3 Å². The largest absolute Gasteiger partial charge is 0.326 e. The Labute approximate surface area is 205 Å². The van der Waals surface area contributed by atoms with Crippen molar-refractivity contribution in [1.29, 1.82) is 0 Å². The molecule has 0 bridgehead atoms. The zero-order chi connectivity index (χ0) is 24.4. The van der Waals surface area contributed by atoms with Gasteiger partial charge in [0.1, 0.15) is 5.65 Å². The van der Waals surface area contributed by atoms with Gasteiger partial charge in [-0.2, -0.15) is 0 Å². The van der Waals surface area contributed by atoms with Crippen LogP contribution < -0.4 is 5.32 Å². The number of aryl methyl sites for hydroxylation is 3. The van der Waals surface area contributed by atoms with E-state index in [9.17, 15) is 4.79 Å². The number of aromatic nitrogens is 3. The molecule has 0 aliphatic rings. The molecular weight excluding hydrogens is 432 g/mol. The van der Waals surface area contributed by atoms with Crippen LogP contribution in [0.4, 0.5) is 5.69 Å². The molecule has 0 fully saturated rings. The lowest BCUT2D eigenvalue weighted by Gasteiger charge is -2.09. The maximum absolute atomic E-state index is 13.1. The summed E-state index contributed by atoms with van der Waals surface area (Å²) >= 11 is 0. The van der Waals surface area contributed by atoms with Gasteiger partial charge in [-0.3, -0.25) is 9.78 Å². The first-order valence-electron chi connectivity index (χ1n) is 11.8. The molecule has 0 aliphatic carbocycles. The van der Waals surface area contributed by atoms with Crippen LogP contribution in [0.15, 0.2) is 85.3 Å². The van der Waals surface area contributed by atoms with Crippen molar-refractivity contribution in [3.8, 4) is 11.3 Å². The Morgan fingerprint density at radius 1 is 0.857 bits per heavy atom. The Kier molecular flexibility index (Phi) is 6.15. The maximum atomic E-state index is 13.1. The Morgan fingerprint density at radius 2 is 1.60 bits per heavy atom. The summed E-state index contributed by atoms with van der Waals surface area (Å²) in [6, 6.07) is 22.5. The number of benzene rings is 2. The summed E-state index contributed by atoms with van der Waals surface area (Å²) in [7, 11) is 0. The molecular formula is C30H28N4O. The van der Waals surface area contributed by atoms with Crippen LogP contribution in [0.5, 0.6) is 0 Å². The number of pyridine rings is 2. The van der Waals surface area contributed by atoms with Gasteiger partial charge in [0.05, 0.1) is 17.8 Å². The highest BCUT2D eigenvalue weighted by Crippen LogP contribution is 2.27. The second kappa shape index (κ2) is 9.55. The van der Waals surface area contributed by atoms with Gasteiger partial charge in [0.2, 0.25) is 5.91 Å². The highest BCUT2D eigenvalue weighted by Gasteiger charge is 2.18. The number of nitrogens with zero attached hydrogens (tertiary/aromatic N) is 3. The third-order valence-electron chi connectivity index (χ3n) is 6.38. The number of carbonyl (C=O) groups is 1. The minimum atomic E-state index is -0.0701. The molecule has 2 aromatic carbocycles. The lowest BCUT2D eigenvalue weighted by molar-refractivity contribution is -0.115. The first-order chi connectivity index (χ1) is 17.0. The van der Waals surface area contributed by atoms with Crippen molar-refractivity contribution in [2.24, 2.45) is 0 Å². The van der Waals surface area contributed by atoms with E-state index in [4.69, 9.17) is 4.98 Å². The number of nitrogens with one attached hydrogen (secondary N) is 1. The van der Waals surface area contributed by atoms with Gasteiger partial charge in [0.15, 0.2) is 0 Å². The van der Waals surface area contributed by atoms with Crippen LogP contribution in [0, 0.1) is 20.8 Å². The fourth-order valence-corrected chi connectivity index (χ4v) is 4.29. The van der Waals surface area contributed by atoms with Crippen molar-refractivity contribution in [1.82, 2.24) is 14.4 Å². The number of carbonyl (C=O) groups excluding carboxylic acids is 1. The normalized spacial score (nSPS) is 11.1. The lowest BCUT2D eigenvalue weighted by Crippen LogP contribution is -2.16. The van der Waals surface area contributed by atoms with Crippen LogP contribution >= 0.6 is 0 Å². The Balaban J connectivity index is 1.38. The fraction of sp³-hybridized carbons (Fsp3) is 0.167. The highest BCUT2D eigenvalue weighted by atomic mass is 16.1. The maximum Gasteiger partial charge on any atom is 0.230 e. The van der Waals surface area contributed by atoms with Crippen LogP contribution in [0.1, 0.15) is 33.5 Å². The van der Waals surface area contributed by atoms with E-state index in [0.29, 0.717) is 0 Å². The van der Waals surface area contributed by atoms with E-state index in [2.05, 4.69) is 49.3 Å². The van der Waals surface area contributed by atoms with E-state index in [1.54, 1.807) is 12.4 Å². The molecule has 3 aromatic heterocycles. The predicted molar refractivity (Wildman–Crippen MR) is 141 cm³/mol. The predicted octanol–water partition coefficient (Wildman–Crippen LogP) is 6.09. The molecule has 0 spiro atoms. The van der Waals surface area contributed by atoms with Gasteiger partial charge in [-0.25, -0.2) is 4.98 Å². The van der Waals surface area contributed by atoms with E-state index in [0.717, 1.165) is 40.3 Å². The minimum absolute atomic E-state index is 0.0701. The SMILES string of the molecule is Cc1ccn2c(CC(=O)Nc3ccc(Cc4ccncc4)cc3)c(-c3ccc(C)c(C)c3)nc2c1. The summed E-state index contributed by atoms with van der Waals surface area (Å²) < 4.78 is 2.02. The highest BCUT2D eigenvalue weighted by molar-refractivity contribution is 5.93. The average Bonchev–Trinajstić information content (AvgIpc) is 3.19. The van der Waals surface area contributed by atoms with Crippen molar-refractivity contribution in [2.45, 2.75) is 33.6 Å². The van der Waals surface area contributed by atoms with Crippen molar-refractivity contribution < 1.29 is 4.79 Å². The first-order valence-corrected chi connectivity index (χ1v) is 11.8. The lowest BCUT2D eigenvalue weighted by atomic mass is 10.0. The average molecular weight is 461 g/mol. The van der Waals surface area contributed by atoms with Gasteiger partial charge < -0.3 is 9.72 Å². The van der Waals surface area contributed by atoms with Gasteiger partial charge in [-0.1, -0.05) is 24.3 Å². The Hall–Kier alpha value is -4.25. The van der Waals surface area contributed by atoms with Gasteiger partial charge in [0.25, 0.3) is 0 Å². The van der Waals surface area contributed by atoms with E-state index in [1.807, 2.05) is 59.1 Å². The van der Waals surface area contributed by atoms with Gasteiger partial charge in [-0.05, 0) is 97.5 Å². The molecule has 0 atom stereocenters. The van der Waals surface area contributed by atoms with Gasteiger partial charge in [-0.15, -0.1) is 0 Å². The number of anilines is 1. The summed E-state index contributed by atoms with van der Waals surface area (Å²) in [6.07, 6.45) is 6.66. The van der Waals surface area contributed by atoms with Crippen LogP contribution in [-0.2, 0) is 17.6 Å². The van der Waals surface area contributed by atoms with Crippen LogP contribution in [0.2, 0.25) is 0 Å². The monoisotopic (exact) mass is 460 g/mol. The summed E-state index contributed by atoms with van der Waals surface area (Å²) in [5.41, 5.74) is 10.4. The standard InChI is InChI=1S/C30H28N4O/c1-20-12-15-34-27(30(33-28(34)16-20)25-7-4-21(2)22(3)17-25)19-29(35)32-26-8-5-23(6-9-26)18-24-10-13-31-14-11-24/h4-17H,18-19H2,1-3H3,(H,32,35). The quantitative estimate of drug-likeness (QED) is 0.333. The van der Waals surface area contributed by atoms with Crippen LogP contribution in [0.25, 0.3) is 16.9 Å². The molecule has 1 N–H and O–H groups in total. The number of rotatable bonds is 6. The van der Waals surface area contributed by atoms with E-state index in [1.165, 1.54) is 22.3 Å². The van der Waals surface area contributed by atoms with E-state index >= 15 is 0 Å². The van der Waals surface area contributed by atoms with Crippen LogP contribution in [0.3, 0.4) is 0 Å². The van der Waals surface area contributed by atoms with Crippen molar-refractivity contribution >= 4 is 17.2 Å². The zero-order valence-electron chi connectivity index (χ0n) is 20.2. The summed E-state index contributed by atoms with van der Waals surface area (Å²) in [4.78, 5) is 22.1. The molecule has 3 heterocycles. The number of fused-ring (bicyclic) bond motifs is 1. The molecule has 1 amide bonds. The molecule has 0 saturated carbocycles. The molecule has 0 unspecified atom stereocenters. The number of hydrogen-bond acceptors (Lipinski definition) is 3. The smallest absolute Gasteiger partial charge is 0.230 e. The molecule has 0 radical (unpaired) electrons. The third kappa shape index (κ3) is 4.99. The summed E-state index contributed by atoms with van der Waals surface area (Å²) in [5.74, 6) is -0.0701. The van der Waals surface area contributed by atoms with E-state index < -0.39 is 0 Å². The number of hydrogen-bond donors (Lipinski definition) is 1. The van der Waals surface area contributed by atoms with Gasteiger partial charge >= 0.3 is 0 Å². The second-order valence-corrected chi connectivity index (χ2v) is 9.09. The molecule has 5 rings (SSSR count). The number of imidazole rings is 1. The number of amides is 1. The first kappa shape index (κ1) is 22.5. The molecule has 0 saturated heterocycles. The second-order valence-electron chi connectivity index (χ2n) is 9.09. The molecule has 5 nitrogen and oxygen atoms in total. The summed E-state index contributed by atoms with van der Waals surface area (Å²) in [5, 5.41) is 3.06. The van der Waals surface area contributed by atoms with Gasteiger partial charge in [0, 0.05) is 29.8 Å². The zero-order valence-corrected chi connectivity index (χ0v) is 20.2. The van der Waals surface area contributed by atoms with E-state index in [-0.39, 0.29) is 12.3 Å². The molecule has 0 aliphatic heterocycles.